The van der Waals surface area contributed by atoms with E-state index in [-0.39, 0.29) is 16.9 Å². The van der Waals surface area contributed by atoms with Crippen LogP contribution in [0.25, 0.3) is 11.5 Å². The lowest BCUT2D eigenvalue weighted by atomic mass is 9.78. The first-order chi connectivity index (χ1) is 17.6. The Morgan fingerprint density at radius 3 is 2.64 bits per heavy atom. The summed E-state index contributed by atoms with van der Waals surface area (Å²) in [6, 6.07) is 7.97. The van der Waals surface area contributed by atoms with Crippen LogP contribution in [0.4, 0.5) is 0 Å². The minimum atomic E-state index is -0.356. The van der Waals surface area contributed by atoms with Crippen molar-refractivity contribution in [2.75, 3.05) is 26.8 Å². The number of carbonyl (C=O) groups excluding carboxylic acids is 1. The number of amides is 1. The minimum Gasteiger partial charge on any atom is -0.497 e. The minimum absolute atomic E-state index is 0.176. The van der Waals surface area contributed by atoms with Gasteiger partial charge < -0.3 is 18.9 Å². The van der Waals surface area contributed by atoms with E-state index in [2.05, 4.69) is 25.0 Å². The van der Waals surface area contributed by atoms with E-state index in [1.165, 1.54) is 0 Å². The van der Waals surface area contributed by atoms with Gasteiger partial charge in [0.15, 0.2) is 0 Å². The van der Waals surface area contributed by atoms with E-state index in [9.17, 15) is 4.79 Å². The van der Waals surface area contributed by atoms with Crippen LogP contribution in [0.3, 0.4) is 0 Å². The number of hydrogen-bond donors (Lipinski definition) is 0. The maximum Gasteiger partial charge on any atom is 0.233 e. The molecule has 1 amide bonds. The third kappa shape index (κ3) is 4.36. The third-order valence-corrected chi connectivity index (χ3v) is 8.08. The highest BCUT2D eigenvalue weighted by atomic mass is 16.5. The molecule has 3 fully saturated rings. The lowest BCUT2D eigenvalue weighted by Gasteiger charge is -2.46. The van der Waals surface area contributed by atoms with Crippen LogP contribution in [0.15, 0.2) is 47.4 Å². The molecule has 9 nitrogen and oxygen atoms in total. The average Bonchev–Trinajstić information content (AvgIpc) is 3.61. The zero-order chi connectivity index (χ0) is 24.6. The number of hydrogen-bond acceptors (Lipinski definition) is 8. The molecular formula is C27H31N5O4. The van der Waals surface area contributed by atoms with Crippen LogP contribution in [0.5, 0.6) is 5.75 Å². The SMILES string of the molecule is COc1ccc(C2(C(=O)N3CCC4(CC3)CC(Cc3nc(-c5cnccn5)no3)CCO4)CC2)cc1. The molecule has 2 aromatic heterocycles. The molecule has 36 heavy (non-hydrogen) atoms. The molecule has 2 aliphatic heterocycles. The Balaban J connectivity index is 1.07. The van der Waals surface area contributed by atoms with Gasteiger partial charge in [0.2, 0.25) is 17.6 Å². The molecule has 0 N–H and O–H groups in total. The second-order valence-corrected chi connectivity index (χ2v) is 10.3. The maximum absolute atomic E-state index is 13.5. The Hall–Kier alpha value is -3.33. The van der Waals surface area contributed by atoms with Gasteiger partial charge in [-0.1, -0.05) is 17.3 Å². The first kappa shape index (κ1) is 23.1. The van der Waals surface area contributed by atoms with Crippen molar-refractivity contribution in [3.05, 3.63) is 54.3 Å². The number of likely N-dealkylation sites (tertiary alicyclic amines) is 1. The molecule has 1 spiro atoms. The van der Waals surface area contributed by atoms with Gasteiger partial charge in [0, 0.05) is 38.5 Å². The molecule has 1 aromatic carbocycles. The van der Waals surface area contributed by atoms with Crippen molar-refractivity contribution in [1.82, 2.24) is 25.0 Å². The lowest BCUT2D eigenvalue weighted by Crippen LogP contribution is -2.52. The summed E-state index contributed by atoms with van der Waals surface area (Å²) in [6.07, 6.45) is 11.1. The monoisotopic (exact) mass is 489 g/mol. The Bertz CT molecular complexity index is 1200. The molecule has 6 rings (SSSR count). The molecule has 1 saturated carbocycles. The first-order valence-electron chi connectivity index (χ1n) is 12.8. The summed E-state index contributed by atoms with van der Waals surface area (Å²) in [4.78, 5) is 28.5. The summed E-state index contributed by atoms with van der Waals surface area (Å²) in [5.74, 6) is 2.58. The number of carbonyl (C=O) groups is 1. The van der Waals surface area contributed by atoms with Crippen molar-refractivity contribution in [3.8, 4) is 17.3 Å². The van der Waals surface area contributed by atoms with Gasteiger partial charge in [-0.25, -0.2) is 4.98 Å². The molecule has 2 saturated heterocycles. The van der Waals surface area contributed by atoms with Crippen LogP contribution in [-0.4, -0.2) is 63.3 Å². The second-order valence-electron chi connectivity index (χ2n) is 10.3. The van der Waals surface area contributed by atoms with Gasteiger partial charge in [0.05, 0.1) is 24.3 Å². The number of methoxy groups -OCH3 is 1. The number of benzene rings is 1. The molecule has 188 valence electrons. The van der Waals surface area contributed by atoms with Crippen LogP contribution in [-0.2, 0) is 21.4 Å². The fourth-order valence-corrected chi connectivity index (χ4v) is 5.84. The van der Waals surface area contributed by atoms with Crippen molar-refractivity contribution in [2.45, 2.75) is 56.0 Å². The number of aromatic nitrogens is 4. The smallest absolute Gasteiger partial charge is 0.233 e. The summed E-state index contributed by atoms with van der Waals surface area (Å²) in [6.45, 7) is 2.20. The average molecular weight is 490 g/mol. The predicted molar refractivity (Wildman–Crippen MR) is 130 cm³/mol. The lowest BCUT2D eigenvalue weighted by molar-refractivity contribution is -0.149. The van der Waals surface area contributed by atoms with Crippen LogP contribution in [0.2, 0.25) is 0 Å². The van der Waals surface area contributed by atoms with Crippen molar-refractivity contribution in [2.24, 2.45) is 5.92 Å². The van der Waals surface area contributed by atoms with Gasteiger partial charge in [0.1, 0.15) is 11.4 Å². The molecule has 0 radical (unpaired) electrons. The summed E-state index contributed by atoms with van der Waals surface area (Å²) < 4.78 is 17.2. The Morgan fingerprint density at radius 1 is 1.14 bits per heavy atom. The number of piperidine rings is 1. The van der Waals surface area contributed by atoms with E-state index in [1.807, 2.05) is 24.3 Å². The zero-order valence-electron chi connectivity index (χ0n) is 20.6. The van der Waals surface area contributed by atoms with E-state index in [4.69, 9.17) is 14.0 Å². The van der Waals surface area contributed by atoms with Crippen molar-refractivity contribution in [1.29, 1.82) is 0 Å². The molecule has 4 heterocycles. The zero-order valence-corrected chi connectivity index (χ0v) is 20.6. The van der Waals surface area contributed by atoms with Gasteiger partial charge in [-0.3, -0.25) is 9.78 Å². The van der Waals surface area contributed by atoms with Gasteiger partial charge in [-0.2, -0.15) is 4.98 Å². The van der Waals surface area contributed by atoms with Crippen molar-refractivity contribution >= 4 is 5.91 Å². The molecule has 1 aliphatic carbocycles. The van der Waals surface area contributed by atoms with E-state index < -0.39 is 0 Å². The second kappa shape index (κ2) is 9.28. The van der Waals surface area contributed by atoms with Gasteiger partial charge >= 0.3 is 0 Å². The number of ether oxygens (including phenoxy) is 2. The highest BCUT2D eigenvalue weighted by molar-refractivity contribution is 5.91. The van der Waals surface area contributed by atoms with E-state index >= 15 is 0 Å². The quantitative estimate of drug-likeness (QED) is 0.517. The molecule has 3 aromatic rings. The fraction of sp³-hybridized carbons (Fsp3) is 0.519. The van der Waals surface area contributed by atoms with Crippen LogP contribution in [0.1, 0.15) is 50.0 Å². The Kier molecular flexibility index (Phi) is 5.95. The molecule has 1 atom stereocenters. The molecule has 0 bridgehead atoms. The largest absolute Gasteiger partial charge is 0.497 e. The van der Waals surface area contributed by atoms with Gasteiger partial charge in [0.25, 0.3) is 0 Å². The molecule has 1 unspecified atom stereocenters. The van der Waals surface area contributed by atoms with E-state index in [0.717, 1.165) is 76.0 Å². The Morgan fingerprint density at radius 2 is 1.94 bits per heavy atom. The molecular weight excluding hydrogens is 458 g/mol. The predicted octanol–water partition coefficient (Wildman–Crippen LogP) is 3.60. The summed E-state index contributed by atoms with van der Waals surface area (Å²) in [5, 5.41) is 4.08. The summed E-state index contributed by atoms with van der Waals surface area (Å²) >= 11 is 0. The number of nitrogens with zero attached hydrogens (tertiary/aromatic N) is 5. The van der Waals surface area contributed by atoms with Gasteiger partial charge in [-0.15, -0.1) is 0 Å². The van der Waals surface area contributed by atoms with Crippen molar-refractivity contribution < 1.29 is 18.8 Å². The third-order valence-electron chi connectivity index (χ3n) is 8.08. The van der Waals surface area contributed by atoms with Gasteiger partial charge in [-0.05, 0) is 62.1 Å². The molecule has 9 heteroatoms. The van der Waals surface area contributed by atoms with E-state index in [0.29, 0.717) is 23.3 Å². The topological polar surface area (TPSA) is 103 Å². The number of rotatable bonds is 6. The van der Waals surface area contributed by atoms with Crippen molar-refractivity contribution in [3.63, 3.8) is 0 Å². The highest BCUT2D eigenvalue weighted by Crippen LogP contribution is 2.51. The van der Waals surface area contributed by atoms with Crippen LogP contribution < -0.4 is 4.74 Å². The first-order valence-corrected chi connectivity index (χ1v) is 12.8. The standard InChI is InChI=1S/C27H31N5O4/c1-34-21-4-2-20(3-5-21)27(7-8-27)25(33)32-13-9-26(10-14-32)17-19(6-15-35-26)16-23-30-24(31-36-23)22-18-28-11-12-29-22/h2-5,11-12,18-19H,6-10,13-17H2,1H3. The molecule has 3 aliphatic rings. The Labute approximate surface area is 210 Å². The van der Waals surface area contributed by atoms with Crippen LogP contribution in [0, 0.1) is 5.92 Å². The summed E-state index contributed by atoms with van der Waals surface area (Å²) in [5.41, 5.74) is 1.18. The van der Waals surface area contributed by atoms with Crippen LogP contribution >= 0.6 is 0 Å². The summed E-state index contributed by atoms with van der Waals surface area (Å²) in [7, 11) is 1.66. The van der Waals surface area contributed by atoms with E-state index in [1.54, 1.807) is 25.7 Å². The fourth-order valence-electron chi connectivity index (χ4n) is 5.84. The maximum atomic E-state index is 13.5. The normalized spacial score (nSPS) is 22.4. The highest BCUT2D eigenvalue weighted by Gasteiger charge is 2.54.